The number of carbonyl (C=O) groups excluding carboxylic acids is 8. The highest BCUT2D eigenvalue weighted by Crippen LogP contribution is 2.26. The zero-order valence-electron chi connectivity index (χ0n) is 61.0. The SMILES string of the molecule is C=CC/C=C/N(C)C(=O)CCCCCCCC/C=C/C(CSSCC(/C=C/CCCCCCCCC(=O)N(C)/C=C/CC=C)NC(C)=O)NC(C)=O.CNC(=O)CCCCCCCC/C=C/C(CSSCC(/C=C/CCCCCCCCC(=O)NC)NC(C)=O)NC(C)=O.O.[H+]. The summed E-state index contributed by atoms with van der Waals surface area (Å²) in [5.74, 6) is 3.47. The molecule has 0 fully saturated rings. The van der Waals surface area contributed by atoms with Crippen LogP contribution in [0.4, 0.5) is 0 Å². The third-order valence-electron chi connectivity index (χ3n) is 14.9. The van der Waals surface area contributed by atoms with Crippen LogP contribution in [-0.4, -0.2) is 138 Å². The van der Waals surface area contributed by atoms with Crippen LogP contribution >= 0.6 is 43.2 Å². The number of hydrogen-bond donors (Lipinski definition) is 6. The smallest absolute Gasteiger partial charge is 0.412 e. The van der Waals surface area contributed by atoms with Gasteiger partial charge in [-0.15, -0.1) is 13.2 Å². The Hall–Kier alpha value is -4.96. The second kappa shape index (κ2) is 70.4. The van der Waals surface area contributed by atoms with Crippen molar-refractivity contribution in [3.63, 3.8) is 0 Å². The number of nitrogens with one attached hydrogen (secondary N) is 6. The predicted molar refractivity (Wildman–Crippen MR) is 411 cm³/mol. The Kier molecular flexibility index (Phi) is 69.8. The van der Waals surface area contributed by atoms with Gasteiger partial charge in [-0.2, -0.15) is 0 Å². The summed E-state index contributed by atoms with van der Waals surface area (Å²) in [5.41, 5.74) is 0. The third kappa shape index (κ3) is 68.8. The molecule has 0 aliphatic heterocycles. The topological polar surface area (TPSA) is 247 Å². The Morgan fingerprint density at radius 3 is 0.800 bits per heavy atom. The monoisotopic (exact) mass is 1400 g/mol. The fraction of sp³-hybridized carbons (Fsp3) is 0.676. The normalized spacial score (nSPS) is 12.6. The van der Waals surface area contributed by atoms with Crippen molar-refractivity contribution in [2.45, 2.75) is 270 Å². The molecule has 0 aromatic rings. The molecule has 0 bridgehead atoms. The molecule has 0 saturated carbocycles. The Labute approximate surface area is 593 Å². The zero-order valence-corrected chi connectivity index (χ0v) is 63.2. The van der Waals surface area contributed by atoms with Gasteiger partial charge in [0.1, 0.15) is 0 Å². The first-order valence-corrected chi connectivity index (χ1v) is 40.1. The van der Waals surface area contributed by atoms with Gasteiger partial charge in [0.2, 0.25) is 47.3 Å². The standard InChI is InChI=1S/C42H70N4O4S2.C32H58N4O4S2.H2O/c1-7-9-27-33-45(5)41(49)31-25-21-17-13-11-15-19-23-29-39(43-37(3)47)35-51-52-36-40(44-38(4)48)30-24-20-16-12-14-18-22-26-32-42(50)46(6)34-28-10-8-2;1-27(37)35-29(21-17-13-9-5-7-11-15-19-23-31(39)33-3)25-41-42-26-30(36-28(2)38)22-18-14-10-6-8-12-16-20-24-32(40)34-4;/h7-8,23-24,27-30,33-34,39-40H,1-2,9-22,25-26,31-32,35-36H2,3-6H3,(H,43,47)(H,44,48);17-18,21-22,29-30H,5-16,19-20,23-26H2,1-4H3,(H,33,39)(H,34,40)(H,35,37)(H,36,38);1H2/p+1/b29-23+,30-24+,33-27+,34-28+;21-17+,22-18+;. The molecule has 8 N–H and O–H groups in total. The first-order chi connectivity index (χ1) is 45.4. The minimum Gasteiger partial charge on any atom is -0.412 e. The molecular weight excluding hydrogens is 1270 g/mol. The molecule has 0 radical (unpaired) electrons. The summed E-state index contributed by atoms with van der Waals surface area (Å²) in [7, 11) is 13.8. The molecule has 0 rings (SSSR count). The molecule has 95 heavy (non-hydrogen) atoms. The van der Waals surface area contributed by atoms with Gasteiger partial charge in [-0.05, 0) is 89.9 Å². The number of allylic oxidation sites excluding steroid dienone is 8. The summed E-state index contributed by atoms with van der Waals surface area (Å²) in [6.45, 7) is 13.6. The van der Waals surface area contributed by atoms with Gasteiger partial charge < -0.3 is 47.2 Å². The molecule has 8 amide bonds. The van der Waals surface area contributed by atoms with E-state index < -0.39 is 0 Å². The average Bonchev–Trinajstić information content (AvgIpc) is 3.23. The fourth-order valence-corrected chi connectivity index (χ4v) is 14.2. The average molecular weight is 1410 g/mol. The maximum Gasteiger partial charge on any atom is 1.00 e. The van der Waals surface area contributed by atoms with Gasteiger partial charge in [-0.1, -0.05) is 219 Å². The minimum atomic E-state index is -0.0390. The van der Waals surface area contributed by atoms with E-state index in [1.54, 1.807) is 109 Å². The molecule has 0 aromatic heterocycles. The van der Waals surface area contributed by atoms with E-state index in [1.165, 1.54) is 51.4 Å². The van der Waals surface area contributed by atoms with E-state index >= 15 is 0 Å². The summed E-state index contributed by atoms with van der Waals surface area (Å²) in [4.78, 5) is 97.0. The van der Waals surface area contributed by atoms with E-state index in [2.05, 4.69) is 93.7 Å². The molecule has 4 atom stereocenters. The quantitative estimate of drug-likeness (QED) is 0.0189. The van der Waals surface area contributed by atoms with Crippen LogP contribution in [0.5, 0.6) is 0 Å². The van der Waals surface area contributed by atoms with Gasteiger partial charge >= 0.3 is 1.43 Å². The van der Waals surface area contributed by atoms with Crippen LogP contribution in [0.15, 0.2) is 98.5 Å². The number of nitrogens with zero attached hydrogens (tertiary/aromatic N) is 2. The molecule has 4 unspecified atom stereocenters. The van der Waals surface area contributed by atoms with Crippen molar-refractivity contribution < 1.29 is 45.3 Å². The maximum atomic E-state index is 12.1. The summed E-state index contributed by atoms with van der Waals surface area (Å²) >= 11 is 0. The summed E-state index contributed by atoms with van der Waals surface area (Å²) in [6, 6.07) is -0.0802. The van der Waals surface area contributed by atoms with Gasteiger partial charge in [0.15, 0.2) is 0 Å². The van der Waals surface area contributed by atoms with E-state index in [-0.39, 0.29) is 78.3 Å². The first-order valence-electron chi connectivity index (χ1n) is 35.1. The summed E-state index contributed by atoms with van der Waals surface area (Å²) < 4.78 is 0. The van der Waals surface area contributed by atoms with Gasteiger partial charge in [-0.3, -0.25) is 38.4 Å². The van der Waals surface area contributed by atoms with Crippen molar-refractivity contribution in [1.29, 1.82) is 0 Å². The fourth-order valence-electron chi connectivity index (χ4n) is 9.55. The highest BCUT2D eigenvalue weighted by Gasteiger charge is 2.13. The van der Waals surface area contributed by atoms with Crippen LogP contribution in [-0.2, 0) is 38.4 Å². The van der Waals surface area contributed by atoms with Crippen molar-refractivity contribution in [2.24, 2.45) is 0 Å². The van der Waals surface area contributed by atoms with Crippen molar-refractivity contribution in [3.8, 4) is 0 Å². The molecule has 0 aliphatic carbocycles. The van der Waals surface area contributed by atoms with Gasteiger partial charge in [0.05, 0.1) is 24.2 Å². The molecule has 0 aromatic carbocycles. The van der Waals surface area contributed by atoms with Crippen LogP contribution in [0.25, 0.3) is 0 Å². The summed E-state index contributed by atoms with van der Waals surface area (Å²) in [5, 5.41) is 17.4. The molecular formula is C74H131N8O9S4+. The van der Waals surface area contributed by atoms with Crippen LogP contribution in [0.2, 0.25) is 0 Å². The van der Waals surface area contributed by atoms with Crippen molar-refractivity contribution >= 4 is 90.4 Å². The van der Waals surface area contributed by atoms with Gasteiger partial charge in [0, 0.05) is 117 Å². The van der Waals surface area contributed by atoms with Gasteiger partial charge in [0.25, 0.3) is 0 Å². The van der Waals surface area contributed by atoms with E-state index in [9.17, 15) is 38.4 Å². The zero-order chi connectivity index (χ0) is 69.9. The highest BCUT2D eigenvalue weighted by atomic mass is 33.1. The van der Waals surface area contributed by atoms with Crippen LogP contribution in [0.1, 0.15) is 247 Å². The van der Waals surface area contributed by atoms with E-state index in [0.717, 1.165) is 164 Å². The van der Waals surface area contributed by atoms with Crippen LogP contribution < -0.4 is 31.9 Å². The number of unbranched alkanes of at least 4 members (excludes halogenated alkanes) is 24. The lowest BCUT2D eigenvalue weighted by Crippen LogP contribution is -2.34. The van der Waals surface area contributed by atoms with Crippen molar-refractivity contribution in [2.75, 3.05) is 51.2 Å². The number of carbonyl (C=O) groups is 8. The number of amides is 8. The van der Waals surface area contributed by atoms with E-state index in [0.29, 0.717) is 25.7 Å². The molecule has 0 saturated heterocycles. The molecule has 21 heteroatoms. The van der Waals surface area contributed by atoms with Crippen LogP contribution in [0, 0.1) is 0 Å². The highest BCUT2D eigenvalue weighted by molar-refractivity contribution is 8.77. The second-order valence-corrected chi connectivity index (χ2v) is 29.0. The number of hydrogen-bond acceptors (Lipinski definition) is 12. The Balaban J connectivity index is -0.000000882. The Bertz CT molecular complexity index is 2070. The number of rotatable bonds is 60. The summed E-state index contributed by atoms with van der Waals surface area (Å²) in [6.07, 6.45) is 62.8. The van der Waals surface area contributed by atoms with Gasteiger partial charge in [-0.25, -0.2) is 0 Å². The molecule has 0 aliphatic rings. The lowest BCUT2D eigenvalue weighted by Gasteiger charge is -2.16. The van der Waals surface area contributed by atoms with Crippen LogP contribution in [0.3, 0.4) is 0 Å². The van der Waals surface area contributed by atoms with E-state index in [1.807, 2.05) is 36.7 Å². The first kappa shape index (κ1) is 94.2. The lowest BCUT2D eigenvalue weighted by atomic mass is 10.1. The maximum absolute atomic E-state index is 12.1. The molecule has 17 nitrogen and oxygen atoms in total. The van der Waals surface area contributed by atoms with Crippen molar-refractivity contribution in [3.05, 3.63) is 98.5 Å². The second-order valence-electron chi connectivity index (χ2n) is 23.9. The molecule has 0 spiro atoms. The van der Waals surface area contributed by atoms with Crippen molar-refractivity contribution in [1.82, 2.24) is 41.7 Å². The molecule has 0 heterocycles. The lowest BCUT2D eigenvalue weighted by molar-refractivity contribution is -0.128. The predicted octanol–water partition coefficient (Wildman–Crippen LogP) is 15.3. The Morgan fingerprint density at radius 2 is 0.579 bits per heavy atom. The minimum absolute atomic E-state index is 0. The molecule has 544 valence electrons. The van der Waals surface area contributed by atoms with E-state index in [4.69, 9.17) is 0 Å². The third-order valence-corrected chi connectivity index (χ3v) is 19.8. The largest absolute Gasteiger partial charge is 1.00 e. The Morgan fingerprint density at radius 1 is 0.358 bits per heavy atom.